The Morgan fingerprint density at radius 1 is 1.58 bits per heavy atom. The summed E-state index contributed by atoms with van der Waals surface area (Å²) in [6.07, 6.45) is 7.94. The molecule has 3 heteroatoms. The van der Waals surface area contributed by atoms with Gasteiger partial charge in [-0.15, -0.1) is 0 Å². The molecule has 4 N–H and O–H groups in total. The van der Waals surface area contributed by atoms with E-state index in [-0.39, 0.29) is 12.6 Å². The zero-order valence-electron chi connectivity index (χ0n) is 6.70. The highest BCUT2D eigenvalue weighted by molar-refractivity contribution is 5.33. The molecule has 0 amide bonds. The molecule has 0 saturated heterocycles. The summed E-state index contributed by atoms with van der Waals surface area (Å²) < 4.78 is 0. The highest BCUT2D eigenvalue weighted by Crippen LogP contribution is 2.24. The van der Waals surface area contributed by atoms with Crippen molar-refractivity contribution in [3.8, 4) is 0 Å². The van der Waals surface area contributed by atoms with Gasteiger partial charge in [-0.25, -0.2) is 0 Å². The van der Waals surface area contributed by atoms with Gasteiger partial charge in [-0.3, -0.25) is 0 Å². The first-order chi connectivity index (χ1) is 5.81. The van der Waals surface area contributed by atoms with Crippen molar-refractivity contribution in [3.63, 3.8) is 0 Å². The zero-order chi connectivity index (χ0) is 8.55. The Kier molecular flexibility index (Phi) is 1.66. The van der Waals surface area contributed by atoms with Gasteiger partial charge in [-0.05, 0) is 6.08 Å². The van der Waals surface area contributed by atoms with E-state index in [0.717, 1.165) is 11.4 Å². The minimum atomic E-state index is 0.0636. The van der Waals surface area contributed by atoms with Crippen LogP contribution >= 0.6 is 0 Å². The fourth-order valence-corrected chi connectivity index (χ4v) is 1.64. The number of hydrogen-bond donors (Lipinski definition) is 3. The Labute approximate surface area is 71.3 Å². The molecule has 0 saturated carbocycles. The van der Waals surface area contributed by atoms with Crippen LogP contribution in [0.2, 0.25) is 0 Å². The molecule has 0 bridgehead atoms. The third kappa shape index (κ3) is 1.02. The average Bonchev–Trinajstić information content (AvgIpc) is 2.49. The van der Waals surface area contributed by atoms with Crippen molar-refractivity contribution in [2.24, 2.45) is 11.7 Å². The maximum absolute atomic E-state index is 8.88. The Balaban J connectivity index is 2.21. The van der Waals surface area contributed by atoms with Crippen LogP contribution in [-0.2, 0) is 0 Å². The monoisotopic (exact) mass is 164 g/mol. The number of aliphatic hydroxyl groups excluding tert-OH is 1. The molecule has 0 radical (unpaired) electrons. The molecule has 1 aliphatic heterocycles. The van der Waals surface area contributed by atoms with E-state index in [9.17, 15) is 0 Å². The molecule has 3 nitrogen and oxygen atoms in total. The standard InChI is InChI=1S/C9H12N2O/c10-8-3-1-2-6-4-7(5-12)11-9(6)8/h1-4,6,9,11-12H,5,10H2. The number of nitrogens with two attached hydrogens (primary N) is 1. The van der Waals surface area contributed by atoms with Crippen LogP contribution in [-0.4, -0.2) is 17.8 Å². The molecule has 0 aromatic carbocycles. The Morgan fingerprint density at radius 3 is 3.08 bits per heavy atom. The SMILES string of the molecule is NC1=CC=CC2C=C(CO)NC12. The molecule has 2 atom stereocenters. The normalized spacial score (nSPS) is 32.1. The van der Waals surface area contributed by atoms with E-state index in [1.54, 1.807) is 0 Å². The topological polar surface area (TPSA) is 58.3 Å². The summed E-state index contributed by atoms with van der Waals surface area (Å²) in [5.74, 6) is 0.317. The molecule has 64 valence electrons. The van der Waals surface area contributed by atoms with Crippen molar-refractivity contribution in [3.05, 3.63) is 35.7 Å². The summed E-state index contributed by atoms with van der Waals surface area (Å²) in [4.78, 5) is 0. The predicted molar refractivity (Wildman–Crippen MR) is 47.0 cm³/mol. The summed E-state index contributed by atoms with van der Waals surface area (Å²) in [5.41, 5.74) is 7.47. The largest absolute Gasteiger partial charge is 0.400 e. The summed E-state index contributed by atoms with van der Waals surface area (Å²) in [6, 6.07) is 0.164. The molecule has 2 rings (SSSR count). The maximum atomic E-state index is 8.88. The van der Waals surface area contributed by atoms with Crippen LogP contribution in [0.5, 0.6) is 0 Å². The van der Waals surface area contributed by atoms with Crippen molar-refractivity contribution in [1.29, 1.82) is 0 Å². The lowest BCUT2D eigenvalue weighted by Gasteiger charge is -2.20. The first kappa shape index (κ1) is 7.43. The van der Waals surface area contributed by atoms with E-state index in [0.29, 0.717) is 5.92 Å². The van der Waals surface area contributed by atoms with Crippen LogP contribution in [0.1, 0.15) is 0 Å². The van der Waals surface area contributed by atoms with Gasteiger partial charge in [0.05, 0.1) is 12.6 Å². The Hall–Kier alpha value is -1.22. The lowest BCUT2D eigenvalue weighted by Crippen LogP contribution is -2.35. The van der Waals surface area contributed by atoms with Crippen molar-refractivity contribution in [2.45, 2.75) is 6.04 Å². The lowest BCUT2D eigenvalue weighted by atomic mass is 9.95. The molecule has 0 spiro atoms. The maximum Gasteiger partial charge on any atom is 0.0824 e. The second-order valence-corrected chi connectivity index (χ2v) is 3.10. The quantitative estimate of drug-likeness (QED) is 0.505. The van der Waals surface area contributed by atoms with Gasteiger partial charge >= 0.3 is 0 Å². The second-order valence-electron chi connectivity index (χ2n) is 3.10. The second kappa shape index (κ2) is 2.68. The summed E-state index contributed by atoms with van der Waals surface area (Å²) in [7, 11) is 0. The van der Waals surface area contributed by atoms with Crippen molar-refractivity contribution in [2.75, 3.05) is 6.61 Å². The van der Waals surface area contributed by atoms with Crippen LogP contribution in [0.4, 0.5) is 0 Å². The molecule has 0 aromatic heterocycles. The minimum absolute atomic E-state index is 0.0636. The first-order valence-corrected chi connectivity index (χ1v) is 4.03. The van der Waals surface area contributed by atoms with Crippen LogP contribution in [0.15, 0.2) is 35.7 Å². The smallest absolute Gasteiger partial charge is 0.0824 e. The van der Waals surface area contributed by atoms with Gasteiger partial charge in [0.2, 0.25) is 0 Å². The minimum Gasteiger partial charge on any atom is -0.400 e. The van der Waals surface area contributed by atoms with Gasteiger partial charge in [0.15, 0.2) is 0 Å². The molecule has 0 fully saturated rings. The lowest BCUT2D eigenvalue weighted by molar-refractivity contribution is 0.322. The van der Waals surface area contributed by atoms with E-state index in [1.807, 2.05) is 18.2 Å². The van der Waals surface area contributed by atoms with Crippen LogP contribution in [0.3, 0.4) is 0 Å². The zero-order valence-corrected chi connectivity index (χ0v) is 6.70. The summed E-state index contributed by atoms with van der Waals surface area (Å²) in [5, 5.41) is 12.0. The number of fused-ring (bicyclic) bond motifs is 1. The van der Waals surface area contributed by atoms with Crippen molar-refractivity contribution >= 4 is 0 Å². The van der Waals surface area contributed by atoms with E-state index < -0.39 is 0 Å². The fourth-order valence-electron chi connectivity index (χ4n) is 1.64. The van der Waals surface area contributed by atoms with Crippen LogP contribution in [0.25, 0.3) is 0 Å². The molecule has 0 aromatic rings. The number of aliphatic hydroxyl groups is 1. The van der Waals surface area contributed by atoms with E-state index in [4.69, 9.17) is 10.8 Å². The predicted octanol–water partition coefficient (Wildman–Crippen LogP) is -0.137. The molecule has 1 heterocycles. The number of rotatable bonds is 1. The molecule has 1 aliphatic carbocycles. The molecule has 2 aliphatic rings. The Morgan fingerprint density at radius 2 is 2.42 bits per heavy atom. The van der Waals surface area contributed by atoms with E-state index in [1.165, 1.54) is 0 Å². The highest BCUT2D eigenvalue weighted by atomic mass is 16.3. The van der Waals surface area contributed by atoms with Crippen molar-refractivity contribution < 1.29 is 5.11 Å². The number of nitrogens with one attached hydrogen (secondary N) is 1. The van der Waals surface area contributed by atoms with Gasteiger partial charge in [0, 0.05) is 17.3 Å². The highest BCUT2D eigenvalue weighted by Gasteiger charge is 2.27. The van der Waals surface area contributed by atoms with E-state index in [2.05, 4.69) is 11.4 Å². The summed E-state index contributed by atoms with van der Waals surface area (Å²) in [6.45, 7) is 0.0636. The number of allylic oxidation sites excluding steroid dienone is 2. The summed E-state index contributed by atoms with van der Waals surface area (Å²) >= 11 is 0. The molecular weight excluding hydrogens is 152 g/mol. The molecule has 12 heavy (non-hydrogen) atoms. The first-order valence-electron chi connectivity index (χ1n) is 4.03. The van der Waals surface area contributed by atoms with Crippen LogP contribution < -0.4 is 11.1 Å². The van der Waals surface area contributed by atoms with Gasteiger partial charge < -0.3 is 16.2 Å². The molecular formula is C9H12N2O. The van der Waals surface area contributed by atoms with Gasteiger partial charge in [-0.1, -0.05) is 18.2 Å². The van der Waals surface area contributed by atoms with Crippen LogP contribution in [0, 0.1) is 5.92 Å². The van der Waals surface area contributed by atoms with Gasteiger partial charge in [-0.2, -0.15) is 0 Å². The van der Waals surface area contributed by atoms with E-state index >= 15 is 0 Å². The van der Waals surface area contributed by atoms with Crippen molar-refractivity contribution in [1.82, 2.24) is 5.32 Å². The average molecular weight is 164 g/mol. The number of hydrogen-bond acceptors (Lipinski definition) is 3. The third-order valence-electron chi connectivity index (χ3n) is 2.27. The fraction of sp³-hybridized carbons (Fsp3) is 0.333. The van der Waals surface area contributed by atoms with Gasteiger partial charge in [0.25, 0.3) is 0 Å². The van der Waals surface area contributed by atoms with Gasteiger partial charge in [0.1, 0.15) is 0 Å². The third-order valence-corrected chi connectivity index (χ3v) is 2.27. The molecule has 2 unspecified atom stereocenters. The Bertz CT molecular complexity index is 278.